The third-order valence-corrected chi connectivity index (χ3v) is 6.36. The minimum absolute atomic E-state index is 0.0278. The Morgan fingerprint density at radius 1 is 1.80 bits per heavy atom. The van der Waals surface area contributed by atoms with E-state index in [2.05, 4.69) is 0 Å². The molecular weight excluding hydrogens is 132 g/mol. The highest BCUT2D eigenvalue weighted by molar-refractivity contribution is 8.38. The van der Waals surface area contributed by atoms with E-state index in [9.17, 15) is 0 Å². The molecule has 0 aromatic heterocycles. The molecule has 0 amide bonds. The quantitative estimate of drug-likeness (QED) is 0.386. The maximum absolute atomic E-state index is 4.97. The molecule has 0 heterocycles. The molecule has 0 spiro atoms. The lowest BCUT2D eigenvalue weighted by Gasteiger charge is -1.84. The van der Waals surface area contributed by atoms with E-state index in [0.717, 1.165) is 10.5 Å². The molecule has 0 atom stereocenters. The molecular formula is H8OSSi3. The summed E-state index contributed by atoms with van der Waals surface area (Å²) in [5, 5.41) is 0. The highest BCUT2D eigenvalue weighted by Crippen LogP contribution is 1.79. The Balaban J connectivity index is 2.19. The molecule has 0 aliphatic carbocycles. The van der Waals surface area contributed by atoms with Crippen molar-refractivity contribution in [3.8, 4) is 0 Å². The van der Waals surface area contributed by atoms with Gasteiger partial charge in [0, 0.05) is 0 Å². The van der Waals surface area contributed by atoms with Gasteiger partial charge in [0.05, 0.1) is 9.39 Å². The fourth-order valence-electron chi connectivity index (χ4n) is 0.118. The average molecular weight is 140 g/mol. The van der Waals surface area contributed by atoms with Gasteiger partial charge in [0.25, 0.3) is 0 Å². The van der Waals surface area contributed by atoms with E-state index >= 15 is 0 Å². The monoisotopic (exact) mass is 140 g/mol. The predicted molar refractivity (Wildman–Crippen MR) is 37.1 cm³/mol. The van der Waals surface area contributed by atoms with Crippen LogP contribution in [0, 0.1) is 0 Å². The summed E-state index contributed by atoms with van der Waals surface area (Å²) in [6.45, 7) is 0. The zero-order chi connectivity index (χ0) is 4.12. The van der Waals surface area contributed by atoms with Crippen LogP contribution in [0.5, 0.6) is 0 Å². The summed E-state index contributed by atoms with van der Waals surface area (Å²) in [4.78, 5) is 0. The van der Waals surface area contributed by atoms with Crippen LogP contribution in [-0.2, 0) is 4.12 Å². The topological polar surface area (TPSA) is 9.23 Å². The van der Waals surface area contributed by atoms with Gasteiger partial charge in [-0.1, -0.05) is 0 Å². The Labute approximate surface area is 44.1 Å². The molecule has 0 aromatic carbocycles. The maximum Gasteiger partial charge on any atom is 0.202 e. The first-order chi connectivity index (χ1) is 2.41. The molecule has 0 N–H and O–H groups in total. The summed E-state index contributed by atoms with van der Waals surface area (Å²) >= 11 is 0. The Kier molecular flexibility index (Phi) is 5.91. The van der Waals surface area contributed by atoms with Crippen LogP contribution in [0.1, 0.15) is 0 Å². The third-order valence-electron chi connectivity index (χ3n) is 0.236. The van der Waals surface area contributed by atoms with E-state index in [-0.39, 0.29) is 8.91 Å². The van der Waals surface area contributed by atoms with E-state index in [1.807, 2.05) is 10.7 Å². The molecule has 0 bridgehead atoms. The summed E-state index contributed by atoms with van der Waals surface area (Å²) in [5.74, 6) is 0. The Bertz CT molecular complexity index is 14.4. The minimum atomic E-state index is -0.0278. The van der Waals surface area contributed by atoms with Gasteiger partial charge in [-0.25, -0.2) is 0 Å². The van der Waals surface area contributed by atoms with Crippen molar-refractivity contribution in [2.75, 3.05) is 0 Å². The molecule has 0 aliphatic rings. The van der Waals surface area contributed by atoms with Crippen molar-refractivity contribution in [2.24, 2.45) is 0 Å². The van der Waals surface area contributed by atoms with Crippen molar-refractivity contribution in [1.29, 1.82) is 0 Å². The van der Waals surface area contributed by atoms with Gasteiger partial charge in [-0.2, -0.15) is 10.7 Å². The van der Waals surface area contributed by atoms with Crippen LogP contribution >= 0.6 is 10.7 Å². The first kappa shape index (κ1) is 5.96. The molecule has 1 nitrogen and oxygen atoms in total. The molecule has 5 heavy (non-hydrogen) atoms. The van der Waals surface area contributed by atoms with E-state index < -0.39 is 0 Å². The highest BCUT2D eigenvalue weighted by atomic mass is 32.5. The van der Waals surface area contributed by atoms with Crippen molar-refractivity contribution in [2.45, 2.75) is 0 Å². The van der Waals surface area contributed by atoms with Gasteiger partial charge >= 0.3 is 0 Å². The molecule has 32 valence electrons. The first-order valence-electron chi connectivity index (χ1n) is 1.39. The second-order valence-electron chi connectivity index (χ2n) is 0.695. The predicted octanol–water partition coefficient (Wildman–Crippen LogP) is -2.70. The van der Waals surface area contributed by atoms with Crippen molar-refractivity contribution in [1.82, 2.24) is 0 Å². The lowest BCUT2D eigenvalue weighted by Crippen LogP contribution is -1.85. The fourth-order valence-corrected chi connectivity index (χ4v) is 9.55. The lowest BCUT2D eigenvalue weighted by atomic mass is 15.8. The van der Waals surface area contributed by atoms with Gasteiger partial charge in [-0.05, 0) is 0 Å². The van der Waals surface area contributed by atoms with Gasteiger partial charge in [-0.3, -0.25) is 0 Å². The van der Waals surface area contributed by atoms with Gasteiger partial charge in [0.1, 0.15) is 10.5 Å². The average Bonchev–Trinajstić information content (AvgIpc) is 1.41. The summed E-state index contributed by atoms with van der Waals surface area (Å²) in [6, 6.07) is 0. The normalized spacial score (nSPS) is 12.0. The molecule has 0 radical (unpaired) electrons. The van der Waals surface area contributed by atoms with E-state index in [4.69, 9.17) is 4.12 Å². The zero-order valence-corrected chi connectivity index (χ0v) is 9.75. The number of rotatable bonds is 2. The molecule has 0 fully saturated rings. The van der Waals surface area contributed by atoms with Crippen LogP contribution in [0.4, 0.5) is 0 Å². The van der Waals surface area contributed by atoms with Crippen molar-refractivity contribution in [3.05, 3.63) is 0 Å². The minimum Gasteiger partial charge on any atom is -0.461 e. The Morgan fingerprint density at radius 2 is 2.40 bits per heavy atom. The van der Waals surface area contributed by atoms with E-state index in [1.54, 1.807) is 0 Å². The van der Waals surface area contributed by atoms with Crippen LogP contribution in [0.3, 0.4) is 0 Å². The van der Waals surface area contributed by atoms with Crippen molar-refractivity contribution in [3.63, 3.8) is 0 Å². The molecule has 0 aliphatic heterocycles. The third kappa shape index (κ3) is 4.96. The summed E-state index contributed by atoms with van der Waals surface area (Å²) < 4.78 is 4.97. The summed E-state index contributed by atoms with van der Waals surface area (Å²) in [7, 11) is 4.20. The smallest absolute Gasteiger partial charge is 0.202 e. The Hall–Kier alpha value is 0.961. The number of hydrogen-bond donors (Lipinski definition) is 0. The maximum atomic E-state index is 4.97. The van der Waals surface area contributed by atoms with Crippen molar-refractivity contribution < 1.29 is 4.12 Å². The first-order valence-corrected chi connectivity index (χ1v) is 8.36. The van der Waals surface area contributed by atoms with Gasteiger partial charge in [-0.15, -0.1) is 0 Å². The van der Waals surface area contributed by atoms with Crippen LogP contribution in [-0.4, -0.2) is 28.8 Å². The largest absolute Gasteiger partial charge is 0.461 e. The second kappa shape index (κ2) is 4.96. The SMILES string of the molecule is [SiH3]O[SiH2]S[SiH3]. The molecule has 0 saturated carbocycles. The van der Waals surface area contributed by atoms with Crippen LogP contribution in [0.25, 0.3) is 0 Å². The van der Waals surface area contributed by atoms with Gasteiger partial charge in [0.2, 0.25) is 8.91 Å². The van der Waals surface area contributed by atoms with E-state index in [1.165, 1.54) is 9.39 Å². The summed E-state index contributed by atoms with van der Waals surface area (Å²) in [5.41, 5.74) is 0. The van der Waals surface area contributed by atoms with Gasteiger partial charge < -0.3 is 4.12 Å². The van der Waals surface area contributed by atoms with Gasteiger partial charge in [0.15, 0.2) is 0 Å². The zero-order valence-electron chi connectivity index (χ0n) is 3.52. The molecule has 5 heteroatoms. The molecule has 0 unspecified atom stereocenters. The molecule has 0 saturated heterocycles. The van der Waals surface area contributed by atoms with Crippen LogP contribution in [0.15, 0.2) is 0 Å². The second-order valence-corrected chi connectivity index (χ2v) is 11.5. The van der Waals surface area contributed by atoms with Crippen molar-refractivity contribution >= 4 is 39.5 Å². The molecule has 0 rings (SSSR count). The Morgan fingerprint density at radius 3 is 2.40 bits per heavy atom. The van der Waals surface area contributed by atoms with E-state index in [0.29, 0.717) is 0 Å². The lowest BCUT2D eigenvalue weighted by molar-refractivity contribution is 0.685. The van der Waals surface area contributed by atoms with Crippen LogP contribution < -0.4 is 0 Å². The fraction of sp³-hybridized carbons (Fsp3) is 0. The number of hydrogen-bond acceptors (Lipinski definition) is 2. The highest BCUT2D eigenvalue weighted by Gasteiger charge is 1.68. The standard InChI is InChI=1S/H8OSSi3/c3-1-5-2-4/h5H2,3-4H3. The summed E-state index contributed by atoms with van der Waals surface area (Å²) in [6.07, 6.45) is 0. The molecule has 0 aromatic rings. The van der Waals surface area contributed by atoms with Crippen LogP contribution in [0.2, 0.25) is 0 Å².